The normalized spacial score (nSPS) is 14.6. The van der Waals surface area contributed by atoms with E-state index in [9.17, 15) is 0 Å². The number of hydrogen-bond donors (Lipinski definition) is 2. The second kappa shape index (κ2) is 6.43. The van der Waals surface area contributed by atoms with Crippen LogP contribution in [0.25, 0.3) is 0 Å². The Balaban J connectivity index is 2.36. The van der Waals surface area contributed by atoms with E-state index >= 15 is 0 Å². The summed E-state index contributed by atoms with van der Waals surface area (Å²) in [4.78, 5) is 0. The largest absolute Gasteiger partial charge is 0.394 e. The van der Waals surface area contributed by atoms with Crippen LogP contribution in [0.5, 0.6) is 0 Å². The zero-order chi connectivity index (χ0) is 12.9. The van der Waals surface area contributed by atoms with Gasteiger partial charge in [-0.05, 0) is 38.5 Å². The Morgan fingerprint density at radius 1 is 1.24 bits per heavy atom. The number of aryl methyl sites for hydroxylation is 2. The van der Waals surface area contributed by atoms with Crippen LogP contribution in [0.1, 0.15) is 30.0 Å². The second-order valence-electron chi connectivity index (χ2n) is 5.11. The molecule has 0 aliphatic rings. The van der Waals surface area contributed by atoms with Crippen LogP contribution in [-0.2, 0) is 5.75 Å². The molecule has 0 amide bonds. The minimum atomic E-state index is -0.435. The van der Waals surface area contributed by atoms with Crippen LogP contribution in [0, 0.1) is 13.8 Å². The molecule has 0 spiro atoms. The zero-order valence-electron chi connectivity index (χ0n) is 11.0. The molecule has 0 aromatic heterocycles. The van der Waals surface area contributed by atoms with Gasteiger partial charge < -0.3 is 10.8 Å². The van der Waals surface area contributed by atoms with Crippen molar-refractivity contribution in [3.63, 3.8) is 0 Å². The fraction of sp³-hybridized carbons (Fsp3) is 0.571. The van der Waals surface area contributed by atoms with Crippen molar-refractivity contribution in [2.24, 2.45) is 5.73 Å². The highest BCUT2D eigenvalue weighted by molar-refractivity contribution is 7.98. The highest BCUT2D eigenvalue weighted by atomic mass is 32.2. The van der Waals surface area contributed by atoms with Gasteiger partial charge in [0, 0.05) is 11.3 Å². The van der Waals surface area contributed by atoms with Gasteiger partial charge in [-0.3, -0.25) is 0 Å². The lowest BCUT2D eigenvalue weighted by Gasteiger charge is -2.21. The molecule has 0 saturated carbocycles. The van der Waals surface area contributed by atoms with E-state index < -0.39 is 5.54 Å². The van der Waals surface area contributed by atoms with Crippen molar-refractivity contribution in [3.05, 3.63) is 34.9 Å². The van der Waals surface area contributed by atoms with E-state index in [1.54, 1.807) is 0 Å². The molecule has 96 valence electrons. The number of rotatable bonds is 6. The third-order valence-electron chi connectivity index (χ3n) is 2.73. The molecule has 0 heterocycles. The highest BCUT2D eigenvalue weighted by Crippen LogP contribution is 2.18. The van der Waals surface area contributed by atoms with E-state index in [0.29, 0.717) is 0 Å². The minimum Gasteiger partial charge on any atom is -0.394 e. The molecule has 1 atom stereocenters. The van der Waals surface area contributed by atoms with Gasteiger partial charge in [0.15, 0.2) is 0 Å². The summed E-state index contributed by atoms with van der Waals surface area (Å²) in [5.74, 6) is 2.00. The van der Waals surface area contributed by atoms with E-state index in [2.05, 4.69) is 32.0 Å². The molecule has 3 N–H and O–H groups in total. The van der Waals surface area contributed by atoms with Gasteiger partial charge in [-0.15, -0.1) is 0 Å². The standard InChI is InChI=1S/C14H23NOS/c1-11-6-12(2)8-13(7-11)9-17-5-4-14(3,15)10-16/h6-8,16H,4-5,9-10,15H2,1-3H3. The number of hydrogen-bond acceptors (Lipinski definition) is 3. The molecule has 0 aliphatic carbocycles. The first-order valence-corrected chi connectivity index (χ1v) is 7.13. The maximum atomic E-state index is 9.05. The Morgan fingerprint density at radius 3 is 2.35 bits per heavy atom. The van der Waals surface area contributed by atoms with Gasteiger partial charge in [0.1, 0.15) is 0 Å². The topological polar surface area (TPSA) is 46.2 Å². The molecule has 3 heteroatoms. The molecule has 1 rings (SSSR count). The summed E-state index contributed by atoms with van der Waals surface area (Å²) >= 11 is 1.87. The Hall–Kier alpha value is -0.510. The van der Waals surface area contributed by atoms with Crippen LogP contribution < -0.4 is 5.73 Å². The smallest absolute Gasteiger partial charge is 0.0608 e. The summed E-state index contributed by atoms with van der Waals surface area (Å²) in [6.45, 7) is 6.20. The van der Waals surface area contributed by atoms with Crippen LogP contribution in [-0.4, -0.2) is 23.0 Å². The quantitative estimate of drug-likeness (QED) is 0.766. The molecule has 0 aliphatic heterocycles. The van der Waals surface area contributed by atoms with Gasteiger partial charge in [-0.2, -0.15) is 11.8 Å². The molecule has 0 fully saturated rings. The number of thioether (sulfide) groups is 1. The molecule has 2 nitrogen and oxygen atoms in total. The highest BCUT2D eigenvalue weighted by Gasteiger charge is 2.15. The first-order chi connectivity index (χ1) is 7.93. The van der Waals surface area contributed by atoms with Crippen LogP contribution in [0.4, 0.5) is 0 Å². The summed E-state index contributed by atoms with van der Waals surface area (Å²) in [5.41, 5.74) is 9.45. The van der Waals surface area contributed by atoms with Crippen molar-refractivity contribution in [1.82, 2.24) is 0 Å². The predicted octanol–water partition coefficient (Wildman–Crippen LogP) is 2.64. The summed E-state index contributed by atoms with van der Waals surface area (Å²) in [6, 6.07) is 6.65. The summed E-state index contributed by atoms with van der Waals surface area (Å²) in [7, 11) is 0. The Morgan fingerprint density at radius 2 is 1.82 bits per heavy atom. The summed E-state index contributed by atoms with van der Waals surface area (Å²) in [5, 5.41) is 9.05. The Bertz CT molecular complexity index is 343. The maximum Gasteiger partial charge on any atom is 0.0608 e. The van der Waals surface area contributed by atoms with Crippen molar-refractivity contribution >= 4 is 11.8 Å². The predicted molar refractivity (Wildman–Crippen MR) is 76.4 cm³/mol. The second-order valence-corrected chi connectivity index (χ2v) is 6.22. The van der Waals surface area contributed by atoms with Gasteiger partial charge in [0.05, 0.1) is 6.61 Å². The van der Waals surface area contributed by atoms with Crippen LogP contribution in [0.2, 0.25) is 0 Å². The Kier molecular flexibility index (Phi) is 5.50. The zero-order valence-corrected chi connectivity index (χ0v) is 11.8. The first-order valence-electron chi connectivity index (χ1n) is 5.97. The average Bonchev–Trinajstić information content (AvgIpc) is 2.23. The third-order valence-corrected chi connectivity index (χ3v) is 3.76. The Labute approximate surface area is 109 Å². The molecule has 0 radical (unpaired) electrons. The lowest BCUT2D eigenvalue weighted by atomic mass is 10.0. The summed E-state index contributed by atoms with van der Waals surface area (Å²) < 4.78 is 0. The summed E-state index contributed by atoms with van der Waals surface area (Å²) in [6.07, 6.45) is 0.846. The molecule has 17 heavy (non-hydrogen) atoms. The van der Waals surface area contributed by atoms with Crippen LogP contribution in [0.3, 0.4) is 0 Å². The molecule has 1 unspecified atom stereocenters. The van der Waals surface area contributed by atoms with E-state index in [0.717, 1.165) is 17.9 Å². The lowest BCUT2D eigenvalue weighted by molar-refractivity contribution is 0.206. The van der Waals surface area contributed by atoms with Gasteiger partial charge in [-0.1, -0.05) is 29.3 Å². The van der Waals surface area contributed by atoms with Crippen molar-refractivity contribution in [2.75, 3.05) is 12.4 Å². The van der Waals surface area contributed by atoms with Crippen molar-refractivity contribution in [2.45, 2.75) is 38.5 Å². The van der Waals surface area contributed by atoms with Crippen LogP contribution in [0.15, 0.2) is 18.2 Å². The maximum absolute atomic E-state index is 9.05. The van der Waals surface area contributed by atoms with Gasteiger partial charge in [0.25, 0.3) is 0 Å². The lowest BCUT2D eigenvalue weighted by Crippen LogP contribution is -2.40. The molecule has 0 saturated heterocycles. The molecular formula is C14H23NOS. The van der Waals surface area contributed by atoms with E-state index in [4.69, 9.17) is 10.8 Å². The molecule has 0 bridgehead atoms. The third kappa shape index (κ3) is 5.57. The van der Waals surface area contributed by atoms with E-state index in [1.165, 1.54) is 16.7 Å². The van der Waals surface area contributed by atoms with Crippen molar-refractivity contribution < 1.29 is 5.11 Å². The van der Waals surface area contributed by atoms with Crippen molar-refractivity contribution in [1.29, 1.82) is 0 Å². The average molecular weight is 253 g/mol. The molecular weight excluding hydrogens is 230 g/mol. The monoisotopic (exact) mass is 253 g/mol. The van der Waals surface area contributed by atoms with Crippen molar-refractivity contribution in [3.8, 4) is 0 Å². The number of aliphatic hydroxyl groups excluding tert-OH is 1. The number of aliphatic hydroxyl groups is 1. The van der Waals surface area contributed by atoms with Gasteiger partial charge in [-0.25, -0.2) is 0 Å². The van der Waals surface area contributed by atoms with Crippen LogP contribution >= 0.6 is 11.8 Å². The SMILES string of the molecule is Cc1cc(C)cc(CSCCC(C)(N)CO)c1. The number of nitrogens with two attached hydrogens (primary N) is 1. The molecule has 1 aromatic carbocycles. The van der Waals surface area contributed by atoms with E-state index in [-0.39, 0.29) is 6.61 Å². The minimum absolute atomic E-state index is 0.0527. The number of benzene rings is 1. The fourth-order valence-corrected chi connectivity index (χ4v) is 2.88. The van der Waals surface area contributed by atoms with Gasteiger partial charge in [0.2, 0.25) is 0 Å². The van der Waals surface area contributed by atoms with Gasteiger partial charge >= 0.3 is 0 Å². The van der Waals surface area contributed by atoms with E-state index in [1.807, 2.05) is 18.7 Å². The molecule has 1 aromatic rings. The fourth-order valence-electron chi connectivity index (χ4n) is 1.73. The first kappa shape index (κ1) is 14.6.